The number of nitrogens with one attached hydrogen (secondary N) is 1. The van der Waals surface area contributed by atoms with Crippen molar-refractivity contribution in [1.82, 2.24) is 5.32 Å². The molecule has 0 bridgehead atoms. The zero-order chi connectivity index (χ0) is 12.4. The first-order chi connectivity index (χ1) is 8.81. The molecule has 1 saturated heterocycles. The average Bonchev–Trinajstić information content (AvgIpc) is 2.39. The second-order valence-electron chi connectivity index (χ2n) is 4.54. The highest BCUT2D eigenvalue weighted by Crippen LogP contribution is 2.21. The molecule has 1 aliphatic rings. The Morgan fingerprint density at radius 1 is 1.26 bits per heavy atom. The Balaban J connectivity index is 0.00000133. The molecule has 1 aromatic carbocycles. The normalized spacial score (nSPS) is 18.8. The van der Waals surface area contributed by atoms with Crippen LogP contribution in [-0.4, -0.2) is 19.2 Å². The standard InChI is InChI=1S/C14H15NO3.ClH/c16-14-6-4-10-3-5-11(8-13(10)18-14)17-12-2-1-7-15-9-12;/h3-6,8,12,15H,1-2,7,9H2;1H. The van der Waals surface area contributed by atoms with Gasteiger partial charge >= 0.3 is 5.63 Å². The van der Waals surface area contributed by atoms with Gasteiger partial charge in [0, 0.05) is 24.1 Å². The van der Waals surface area contributed by atoms with E-state index >= 15 is 0 Å². The summed E-state index contributed by atoms with van der Waals surface area (Å²) in [6.45, 7) is 1.93. The summed E-state index contributed by atoms with van der Waals surface area (Å²) in [6, 6.07) is 8.78. The van der Waals surface area contributed by atoms with Crippen LogP contribution in [0.25, 0.3) is 11.0 Å². The first-order valence-corrected chi connectivity index (χ1v) is 6.22. The molecule has 0 radical (unpaired) electrons. The van der Waals surface area contributed by atoms with Gasteiger partial charge in [-0.2, -0.15) is 0 Å². The Morgan fingerprint density at radius 2 is 2.11 bits per heavy atom. The van der Waals surface area contributed by atoms with E-state index in [2.05, 4.69) is 5.32 Å². The zero-order valence-corrected chi connectivity index (χ0v) is 11.2. The smallest absolute Gasteiger partial charge is 0.336 e. The summed E-state index contributed by atoms with van der Waals surface area (Å²) in [5.41, 5.74) is 0.239. The fraction of sp³-hybridized carbons (Fsp3) is 0.357. The third-order valence-corrected chi connectivity index (χ3v) is 3.15. The monoisotopic (exact) mass is 281 g/mol. The maximum absolute atomic E-state index is 11.2. The van der Waals surface area contributed by atoms with Crippen molar-refractivity contribution in [2.45, 2.75) is 18.9 Å². The SMILES string of the molecule is Cl.O=c1ccc2ccc(OC3CCCNC3)cc2o1. The number of ether oxygens (including phenoxy) is 1. The van der Waals surface area contributed by atoms with Crippen molar-refractivity contribution in [3.05, 3.63) is 40.8 Å². The lowest BCUT2D eigenvalue weighted by Gasteiger charge is -2.23. The van der Waals surface area contributed by atoms with Gasteiger partial charge in [0.15, 0.2) is 0 Å². The van der Waals surface area contributed by atoms with Crippen molar-refractivity contribution >= 4 is 23.4 Å². The molecule has 1 atom stereocenters. The van der Waals surface area contributed by atoms with Crippen LogP contribution >= 0.6 is 12.4 Å². The highest BCUT2D eigenvalue weighted by molar-refractivity contribution is 5.85. The van der Waals surface area contributed by atoms with E-state index in [1.165, 1.54) is 6.07 Å². The minimum absolute atomic E-state index is 0. The van der Waals surface area contributed by atoms with Crippen LogP contribution < -0.4 is 15.7 Å². The van der Waals surface area contributed by atoms with E-state index in [0.29, 0.717) is 5.58 Å². The number of benzene rings is 1. The summed E-state index contributed by atoms with van der Waals surface area (Å²) in [4.78, 5) is 11.2. The molecule has 0 saturated carbocycles. The van der Waals surface area contributed by atoms with Crippen LogP contribution in [0.3, 0.4) is 0 Å². The summed E-state index contributed by atoms with van der Waals surface area (Å²) in [5, 5.41) is 4.21. The molecule has 3 rings (SSSR count). The lowest BCUT2D eigenvalue weighted by atomic mass is 10.1. The highest BCUT2D eigenvalue weighted by Gasteiger charge is 2.14. The molecular weight excluding hydrogens is 266 g/mol. The first-order valence-electron chi connectivity index (χ1n) is 6.22. The largest absolute Gasteiger partial charge is 0.489 e. The van der Waals surface area contributed by atoms with Crippen LogP contribution in [0.2, 0.25) is 0 Å². The summed E-state index contributed by atoms with van der Waals surface area (Å²) < 4.78 is 11.0. The van der Waals surface area contributed by atoms with Crippen LogP contribution in [0.1, 0.15) is 12.8 Å². The van der Waals surface area contributed by atoms with E-state index < -0.39 is 0 Å². The Labute approximate surface area is 117 Å². The van der Waals surface area contributed by atoms with Crippen LogP contribution in [0.15, 0.2) is 39.5 Å². The number of hydrogen-bond donors (Lipinski definition) is 1. The van der Waals surface area contributed by atoms with Crippen LogP contribution in [0, 0.1) is 0 Å². The first kappa shape index (κ1) is 13.9. The van der Waals surface area contributed by atoms with Crippen molar-refractivity contribution < 1.29 is 9.15 Å². The number of fused-ring (bicyclic) bond motifs is 1. The molecule has 0 spiro atoms. The molecule has 1 fully saturated rings. The number of halogens is 1. The Bertz CT molecular complexity index is 605. The van der Waals surface area contributed by atoms with Crippen LogP contribution in [0.4, 0.5) is 0 Å². The average molecular weight is 282 g/mol. The fourth-order valence-corrected chi connectivity index (χ4v) is 2.23. The van der Waals surface area contributed by atoms with Gasteiger partial charge in [0.05, 0.1) is 0 Å². The summed E-state index contributed by atoms with van der Waals surface area (Å²) >= 11 is 0. The van der Waals surface area contributed by atoms with Crippen LogP contribution in [-0.2, 0) is 0 Å². The summed E-state index contributed by atoms with van der Waals surface area (Å²) in [7, 11) is 0. The van der Waals surface area contributed by atoms with E-state index in [1.807, 2.05) is 12.1 Å². The van der Waals surface area contributed by atoms with Gasteiger partial charge in [0.1, 0.15) is 17.4 Å². The molecule has 2 heterocycles. The van der Waals surface area contributed by atoms with Gasteiger partial charge in [0.2, 0.25) is 0 Å². The Morgan fingerprint density at radius 3 is 2.89 bits per heavy atom. The minimum atomic E-state index is -0.334. The second kappa shape index (κ2) is 6.08. The maximum atomic E-state index is 11.2. The lowest BCUT2D eigenvalue weighted by molar-refractivity contribution is 0.167. The maximum Gasteiger partial charge on any atom is 0.336 e. The quantitative estimate of drug-likeness (QED) is 0.859. The van der Waals surface area contributed by atoms with E-state index in [-0.39, 0.29) is 24.1 Å². The van der Waals surface area contributed by atoms with Crippen molar-refractivity contribution in [3.8, 4) is 5.75 Å². The minimum Gasteiger partial charge on any atom is -0.489 e. The van der Waals surface area contributed by atoms with Crippen molar-refractivity contribution in [2.75, 3.05) is 13.1 Å². The van der Waals surface area contributed by atoms with E-state index in [1.54, 1.807) is 12.1 Å². The second-order valence-corrected chi connectivity index (χ2v) is 4.54. The Hall–Kier alpha value is -1.52. The molecule has 1 N–H and O–H groups in total. The van der Waals surface area contributed by atoms with E-state index in [9.17, 15) is 4.79 Å². The predicted octanol–water partition coefficient (Wildman–Crippen LogP) is 2.35. The molecule has 19 heavy (non-hydrogen) atoms. The molecule has 1 aliphatic heterocycles. The van der Waals surface area contributed by atoms with E-state index in [4.69, 9.17) is 9.15 Å². The summed E-state index contributed by atoms with van der Waals surface area (Å²) in [6.07, 6.45) is 2.39. The topological polar surface area (TPSA) is 51.5 Å². The van der Waals surface area contributed by atoms with Crippen molar-refractivity contribution in [2.24, 2.45) is 0 Å². The molecule has 1 aromatic heterocycles. The molecule has 5 heteroatoms. The molecule has 1 unspecified atom stereocenters. The van der Waals surface area contributed by atoms with Gasteiger partial charge in [0.25, 0.3) is 0 Å². The molecular formula is C14H16ClNO3. The molecule has 102 valence electrons. The fourth-order valence-electron chi connectivity index (χ4n) is 2.23. The van der Waals surface area contributed by atoms with Crippen molar-refractivity contribution in [1.29, 1.82) is 0 Å². The van der Waals surface area contributed by atoms with Gasteiger partial charge in [-0.25, -0.2) is 4.79 Å². The van der Waals surface area contributed by atoms with Gasteiger partial charge in [-0.15, -0.1) is 12.4 Å². The lowest BCUT2D eigenvalue weighted by Crippen LogP contribution is -2.37. The summed E-state index contributed by atoms with van der Waals surface area (Å²) in [5.74, 6) is 0.755. The molecule has 0 amide bonds. The van der Waals surface area contributed by atoms with Gasteiger partial charge < -0.3 is 14.5 Å². The van der Waals surface area contributed by atoms with Crippen molar-refractivity contribution in [3.63, 3.8) is 0 Å². The van der Waals surface area contributed by atoms with Gasteiger partial charge in [-0.3, -0.25) is 0 Å². The van der Waals surface area contributed by atoms with E-state index in [0.717, 1.165) is 37.1 Å². The predicted molar refractivity (Wildman–Crippen MR) is 76.3 cm³/mol. The Kier molecular flexibility index (Phi) is 4.45. The number of hydrogen-bond acceptors (Lipinski definition) is 4. The molecule has 4 nitrogen and oxygen atoms in total. The third kappa shape index (κ3) is 3.28. The van der Waals surface area contributed by atoms with Gasteiger partial charge in [-0.05, 0) is 37.6 Å². The number of rotatable bonds is 2. The number of piperidine rings is 1. The highest BCUT2D eigenvalue weighted by atomic mass is 35.5. The van der Waals surface area contributed by atoms with Gasteiger partial charge in [-0.1, -0.05) is 0 Å². The van der Waals surface area contributed by atoms with Crippen LogP contribution in [0.5, 0.6) is 5.75 Å². The molecule has 0 aliphatic carbocycles. The molecule has 2 aromatic rings. The third-order valence-electron chi connectivity index (χ3n) is 3.15. The zero-order valence-electron chi connectivity index (χ0n) is 10.4.